The number of carbonyl (C=O) groups is 1. The van der Waals surface area contributed by atoms with Crippen LogP contribution in [0.4, 0.5) is 0 Å². The second-order valence-electron chi connectivity index (χ2n) is 3.17. The Labute approximate surface area is 90.2 Å². The molecule has 1 aromatic rings. The Morgan fingerprint density at radius 3 is 3.07 bits per heavy atom. The summed E-state index contributed by atoms with van der Waals surface area (Å²) in [4.78, 5) is 15.8. The van der Waals surface area contributed by atoms with Gasteiger partial charge in [0.25, 0.3) is 5.91 Å². The fourth-order valence-corrected chi connectivity index (χ4v) is 1.18. The molecule has 0 aliphatic carbocycles. The smallest absolute Gasteiger partial charge is 0.251 e. The normalized spacial score (nSPS) is 10.5. The highest BCUT2D eigenvalue weighted by Gasteiger charge is 2.04. The number of aromatic nitrogens is 1. The largest absolute Gasteiger partial charge is 0.349 e. The predicted octanol–water partition coefficient (Wildman–Crippen LogP) is 1.95. The molecule has 15 heavy (non-hydrogen) atoms. The summed E-state index contributed by atoms with van der Waals surface area (Å²) in [6.07, 6.45) is 6.32. The number of carbonyl (C=O) groups excluding carboxylic acids is 1. The molecule has 0 fully saturated rings. The summed E-state index contributed by atoms with van der Waals surface area (Å²) in [6, 6.07) is 3.55. The maximum absolute atomic E-state index is 11.6. The van der Waals surface area contributed by atoms with E-state index >= 15 is 0 Å². The first kappa shape index (κ1) is 11.4. The third kappa shape index (κ3) is 3.54. The molecule has 1 heterocycles. The molecule has 1 rings (SSSR count). The van der Waals surface area contributed by atoms with Crippen molar-refractivity contribution >= 4 is 5.91 Å². The van der Waals surface area contributed by atoms with Crippen LogP contribution in [0.25, 0.3) is 0 Å². The predicted molar refractivity (Wildman–Crippen MR) is 60.8 cm³/mol. The van der Waals surface area contributed by atoms with Crippen LogP contribution in [0, 0.1) is 0 Å². The standard InChI is InChI=1S/C12H16N2O/c1-3-5-7-14-12(15)10-6-8-13-11(4-2)9-10/h3,5-6,8-9H,4,7H2,1-2H3,(H,14,15)/b5-3+. The van der Waals surface area contributed by atoms with Crippen LogP contribution in [-0.2, 0) is 6.42 Å². The fraction of sp³-hybridized carbons (Fsp3) is 0.333. The van der Waals surface area contributed by atoms with Crippen LogP contribution in [0.5, 0.6) is 0 Å². The van der Waals surface area contributed by atoms with Gasteiger partial charge in [-0.25, -0.2) is 0 Å². The van der Waals surface area contributed by atoms with E-state index in [2.05, 4.69) is 10.3 Å². The molecule has 1 amide bonds. The highest BCUT2D eigenvalue weighted by molar-refractivity contribution is 5.94. The summed E-state index contributed by atoms with van der Waals surface area (Å²) in [5, 5.41) is 2.80. The average Bonchev–Trinajstić information content (AvgIpc) is 2.29. The second kappa shape index (κ2) is 5.96. The first-order valence-corrected chi connectivity index (χ1v) is 5.12. The summed E-state index contributed by atoms with van der Waals surface area (Å²) in [7, 11) is 0. The molecule has 0 saturated heterocycles. The number of allylic oxidation sites excluding steroid dienone is 1. The van der Waals surface area contributed by atoms with Crippen LogP contribution in [0.15, 0.2) is 30.5 Å². The average molecular weight is 204 g/mol. The number of pyridine rings is 1. The zero-order valence-electron chi connectivity index (χ0n) is 9.16. The molecule has 1 aromatic heterocycles. The van der Waals surface area contributed by atoms with E-state index in [-0.39, 0.29) is 5.91 Å². The Morgan fingerprint density at radius 1 is 1.60 bits per heavy atom. The summed E-state index contributed by atoms with van der Waals surface area (Å²) < 4.78 is 0. The van der Waals surface area contributed by atoms with Gasteiger partial charge in [-0.05, 0) is 25.5 Å². The number of nitrogens with one attached hydrogen (secondary N) is 1. The molecule has 0 unspecified atom stereocenters. The molecule has 1 N–H and O–H groups in total. The maximum Gasteiger partial charge on any atom is 0.251 e. The molecule has 0 radical (unpaired) electrons. The zero-order chi connectivity index (χ0) is 11.1. The number of rotatable bonds is 4. The Kier molecular flexibility index (Phi) is 4.54. The van der Waals surface area contributed by atoms with Gasteiger partial charge in [-0.2, -0.15) is 0 Å². The van der Waals surface area contributed by atoms with Gasteiger partial charge in [0.15, 0.2) is 0 Å². The van der Waals surface area contributed by atoms with E-state index in [0.717, 1.165) is 12.1 Å². The van der Waals surface area contributed by atoms with Crippen molar-refractivity contribution < 1.29 is 4.79 Å². The second-order valence-corrected chi connectivity index (χ2v) is 3.17. The number of hydrogen-bond acceptors (Lipinski definition) is 2. The van der Waals surface area contributed by atoms with Gasteiger partial charge >= 0.3 is 0 Å². The van der Waals surface area contributed by atoms with Crippen molar-refractivity contribution in [2.45, 2.75) is 20.3 Å². The molecule has 0 bridgehead atoms. The molecule has 0 aliphatic heterocycles. The Balaban J connectivity index is 2.64. The van der Waals surface area contributed by atoms with Crippen molar-refractivity contribution in [1.29, 1.82) is 0 Å². The van der Waals surface area contributed by atoms with Gasteiger partial charge in [-0.15, -0.1) is 0 Å². The Hall–Kier alpha value is -1.64. The van der Waals surface area contributed by atoms with Gasteiger partial charge in [0.2, 0.25) is 0 Å². The number of nitrogens with zero attached hydrogens (tertiary/aromatic N) is 1. The molecule has 3 nitrogen and oxygen atoms in total. The minimum absolute atomic E-state index is 0.0507. The van der Waals surface area contributed by atoms with Crippen molar-refractivity contribution in [3.05, 3.63) is 41.7 Å². The fourth-order valence-electron chi connectivity index (χ4n) is 1.18. The van der Waals surface area contributed by atoms with Crippen molar-refractivity contribution in [3.8, 4) is 0 Å². The lowest BCUT2D eigenvalue weighted by Crippen LogP contribution is -2.23. The highest BCUT2D eigenvalue weighted by atomic mass is 16.1. The summed E-state index contributed by atoms with van der Waals surface area (Å²) in [5.74, 6) is -0.0507. The van der Waals surface area contributed by atoms with E-state index in [4.69, 9.17) is 0 Å². The quantitative estimate of drug-likeness (QED) is 0.762. The van der Waals surface area contributed by atoms with Crippen molar-refractivity contribution in [2.75, 3.05) is 6.54 Å². The molecule has 0 aromatic carbocycles. The van der Waals surface area contributed by atoms with Crippen LogP contribution in [0.1, 0.15) is 29.9 Å². The molecule has 0 aliphatic rings. The number of hydrogen-bond donors (Lipinski definition) is 1. The van der Waals surface area contributed by atoms with E-state index in [9.17, 15) is 4.79 Å². The SMILES string of the molecule is C/C=C/CNC(=O)c1ccnc(CC)c1. The first-order chi connectivity index (χ1) is 7.27. The van der Waals surface area contributed by atoms with E-state index < -0.39 is 0 Å². The first-order valence-electron chi connectivity index (χ1n) is 5.12. The van der Waals surface area contributed by atoms with E-state index in [1.54, 1.807) is 12.3 Å². The monoisotopic (exact) mass is 204 g/mol. The minimum atomic E-state index is -0.0507. The van der Waals surface area contributed by atoms with Gasteiger partial charge < -0.3 is 5.32 Å². The topological polar surface area (TPSA) is 42.0 Å². The summed E-state index contributed by atoms with van der Waals surface area (Å²) in [5.41, 5.74) is 1.61. The highest BCUT2D eigenvalue weighted by Crippen LogP contribution is 2.02. The Morgan fingerprint density at radius 2 is 2.40 bits per heavy atom. The van der Waals surface area contributed by atoms with Gasteiger partial charge in [-0.3, -0.25) is 9.78 Å². The van der Waals surface area contributed by atoms with E-state index in [0.29, 0.717) is 12.1 Å². The van der Waals surface area contributed by atoms with Gasteiger partial charge in [0.1, 0.15) is 0 Å². The molecule has 0 spiro atoms. The van der Waals surface area contributed by atoms with Crippen LogP contribution >= 0.6 is 0 Å². The van der Waals surface area contributed by atoms with E-state index in [1.165, 1.54) is 0 Å². The van der Waals surface area contributed by atoms with Crippen LogP contribution in [0.3, 0.4) is 0 Å². The molecule has 3 heteroatoms. The molecule has 0 saturated carbocycles. The molecular formula is C12H16N2O. The van der Waals surface area contributed by atoms with Crippen LogP contribution in [0.2, 0.25) is 0 Å². The van der Waals surface area contributed by atoms with Crippen molar-refractivity contribution in [2.24, 2.45) is 0 Å². The molecule has 0 atom stereocenters. The van der Waals surface area contributed by atoms with Gasteiger partial charge in [0, 0.05) is 24.0 Å². The lowest BCUT2D eigenvalue weighted by atomic mass is 10.2. The van der Waals surface area contributed by atoms with Crippen molar-refractivity contribution in [1.82, 2.24) is 10.3 Å². The number of amides is 1. The van der Waals surface area contributed by atoms with Gasteiger partial charge in [-0.1, -0.05) is 19.1 Å². The third-order valence-corrected chi connectivity index (χ3v) is 2.06. The molecular weight excluding hydrogens is 188 g/mol. The third-order valence-electron chi connectivity index (χ3n) is 2.06. The molecule has 80 valence electrons. The van der Waals surface area contributed by atoms with E-state index in [1.807, 2.05) is 32.1 Å². The summed E-state index contributed by atoms with van der Waals surface area (Å²) >= 11 is 0. The van der Waals surface area contributed by atoms with Crippen molar-refractivity contribution in [3.63, 3.8) is 0 Å². The Bertz CT molecular complexity index is 358. The zero-order valence-corrected chi connectivity index (χ0v) is 9.16. The number of aryl methyl sites for hydroxylation is 1. The van der Waals surface area contributed by atoms with Crippen LogP contribution in [-0.4, -0.2) is 17.4 Å². The summed E-state index contributed by atoms with van der Waals surface area (Å²) in [6.45, 7) is 4.51. The lowest BCUT2D eigenvalue weighted by Gasteiger charge is -2.03. The van der Waals surface area contributed by atoms with Gasteiger partial charge in [0.05, 0.1) is 0 Å². The van der Waals surface area contributed by atoms with Crippen LogP contribution < -0.4 is 5.32 Å². The lowest BCUT2D eigenvalue weighted by molar-refractivity contribution is 0.0958. The minimum Gasteiger partial charge on any atom is -0.349 e. The maximum atomic E-state index is 11.6.